The van der Waals surface area contributed by atoms with Gasteiger partial charge < -0.3 is 16.0 Å². The van der Waals surface area contributed by atoms with E-state index in [1.807, 2.05) is 43.3 Å². The van der Waals surface area contributed by atoms with Crippen LogP contribution in [0.5, 0.6) is 0 Å². The first-order valence-corrected chi connectivity index (χ1v) is 13.1. The number of halogens is 2. The summed E-state index contributed by atoms with van der Waals surface area (Å²) in [6.45, 7) is 6.63. The summed E-state index contributed by atoms with van der Waals surface area (Å²) in [4.78, 5) is 29.7. The number of amides is 1. The Hall–Kier alpha value is -4.44. The summed E-state index contributed by atoms with van der Waals surface area (Å²) in [5.74, 6) is -1.28. The van der Waals surface area contributed by atoms with E-state index >= 15 is 0 Å². The van der Waals surface area contributed by atoms with Crippen molar-refractivity contribution in [1.29, 1.82) is 0 Å². The third kappa shape index (κ3) is 5.42. The minimum absolute atomic E-state index is 0.163. The minimum Gasteiger partial charge on any atom is -0.383 e. The lowest BCUT2D eigenvalue weighted by molar-refractivity contribution is -0.128. The molecule has 1 aliphatic rings. The van der Waals surface area contributed by atoms with Crippen molar-refractivity contribution >= 4 is 40.7 Å². The van der Waals surface area contributed by atoms with E-state index in [0.717, 1.165) is 43.9 Å². The van der Waals surface area contributed by atoms with Gasteiger partial charge in [0.1, 0.15) is 18.0 Å². The van der Waals surface area contributed by atoms with Crippen LogP contribution < -0.4 is 11.1 Å². The number of nitrogens with one attached hydrogen (secondary N) is 1. The first kappa shape index (κ1) is 26.2. The van der Waals surface area contributed by atoms with E-state index in [9.17, 15) is 13.6 Å². The molecule has 2 aromatic heterocycles. The number of carbonyl (C=O) groups excluding carboxylic acids is 1. The summed E-state index contributed by atoms with van der Waals surface area (Å²) in [7, 11) is 0. The zero-order chi connectivity index (χ0) is 27.5. The van der Waals surface area contributed by atoms with Gasteiger partial charge in [0.15, 0.2) is 11.6 Å². The van der Waals surface area contributed by atoms with Crippen molar-refractivity contribution in [1.82, 2.24) is 20.2 Å². The van der Waals surface area contributed by atoms with Gasteiger partial charge in [0, 0.05) is 28.2 Å². The van der Waals surface area contributed by atoms with Gasteiger partial charge in [-0.3, -0.25) is 4.79 Å². The number of hydrogen-bond donors (Lipinski definition) is 2. The van der Waals surface area contributed by atoms with Crippen LogP contribution in [0.15, 0.2) is 82.9 Å². The number of hydrogen-bond acceptors (Lipinski definition) is 7. The van der Waals surface area contributed by atoms with E-state index in [0.29, 0.717) is 42.3 Å². The lowest BCUT2D eigenvalue weighted by Gasteiger charge is -2.31. The second kappa shape index (κ2) is 11.1. The molecule has 0 spiro atoms. The predicted molar refractivity (Wildman–Crippen MR) is 151 cm³/mol. The molecule has 2 aromatic carbocycles. The molecule has 1 amide bonds. The van der Waals surface area contributed by atoms with Crippen molar-refractivity contribution < 1.29 is 13.6 Å². The average Bonchev–Trinajstić information content (AvgIpc) is 3.42. The van der Waals surface area contributed by atoms with E-state index < -0.39 is 11.6 Å². The van der Waals surface area contributed by atoms with Crippen LogP contribution in [0.25, 0.3) is 21.3 Å². The minimum atomic E-state index is -0.937. The van der Waals surface area contributed by atoms with Crippen LogP contribution in [0.4, 0.5) is 14.6 Å². The van der Waals surface area contributed by atoms with Crippen molar-refractivity contribution in [2.45, 2.75) is 26.4 Å². The third-order valence-electron chi connectivity index (χ3n) is 6.62. The van der Waals surface area contributed by atoms with Crippen molar-refractivity contribution in [3.8, 4) is 10.4 Å². The molecule has 1 fully saturated rings. The molecule has 1 aliphatic heterocycles. The maximum atomic E-state index is 13.7. The summed E-state index contributed by atoms with van der Waals surface area (Å²) < 4.78 is 27.1. The van der Waals surface area contributed by atoms with Gasteiger partial charge in [-0.15, -0.1) is 11.3 Å². The highest BCUT2D eigenvalue weighted by Crippen LogP contribution is 2.32. The molecule has 0 aliphatic carbocycles. The molecule has 0 saturated carbocycles. The quantitative estimate of drug-likeness (QED) is 0.233. The number of aromatic nitrogens is 2. The smallest absolute Gasteiger partial charge is 0.258 e. The van der Waals surface area contributed by atoms with Crippen molar-refractivity contribution in [3.05, 3.63) is 100.0 Å². The van der Waals surface area contributed by atoms with E-state index in [4.69, 9.17) is 5.73 Å². The molecular formula is C29H26F2N6OS. The molecule has 7 nitrogen and oxygen atoms in total. The second-order valence-corrected chi connectivity index (χ2v) is 10.2. The predicted octanol–water partition coefficient (Wildman–Crippen LogP) is 5.60. The topological polar surface area (TPSA) is 96.5 Å². The van der Waals surface area contributed by atoms with Crippen molar-refractivity contribution in [2.75, 3.05) is 12.3 Å². The largest absolute Gasteiger partial charge is 0.383 e. The van der Waals surface area contributed by atoms with Crippen LogP contribution in [0.1, 0.15) is 23.8 Å². The third-order valence-corrected chi connectivity index (χ3v) is 7.75. The Morgan fingerprint density at radius 1 is 1.18 bits per heavy atom. The van der Waals surface area contributed by atoms with E-state index in [2.05, 4.69) is 27.0 Å². The molecule has 4 aromatic rings. The second-order valence-electron chi connectivity index (χ2n) is 9.03. The first-order valence-electron chi connectivity index (χ1n) is 12.3. The highest BCUT2D eigenvalue weighted by Gasteiger charge is 2.30. The SMILES string of the molecule is C=N/C(NCc1ccc(-c2ccc3ncnc(N)c3c2)s1)=C1/C(=O)N(Cc2ccc(F)c(F)c2)CC/C1=C/C. The molecule has 3 N–H and O–H groups in total. The van der Waals surface area contributed by atoms with Crippen LogP contribution in [0, 0.1) is 11.6 Å². The fraction of sp³-hybridized carbons (Fsp3) is 0.172. The summed E-state index contributed by atoms with van der Waals surface area (Å²) in [6.07, 6.45) is 3.96. The number of anilines is 1. The zero-order valence-electron chi connectivity index (χ0n) is 21.2. The maximum Gasteiger partial charge on any atom is 0.258 e. The van der Waals surface area contributed by atoms with Crippen molar-refractivity contribution in [2.24, 2.45) is 4.99 Å². The van der Waals surface area contributed by atoms with E-state index in [1.165, 1.54) is 12.4 Å². The Morgan fingerprint density at radius 2 is 2.03 bits per heavy atom. The Morgan fingerprint density at radius 3 is 2.79 bits per heavy atom. The molecule has 5 rings (SSSR count). The summed E-state index contributed by atoms with van der Waals surface area (Å²) >= 11 is 1.61. The van der Waals surface area contributed by atoms with Crippen LogP contribution >= 0.6 is 11.3 Å². The number of fused-ring (bicyclic) bond motifs is 1. The monoisotopic (exact) mass is 544 g/mol. The number of allylic oxidation sites excluding steroid dienone is 1. The van der Waals surface area contributed by atoms with Crippen LogP contribution in [0.2, 0.25) is 0 Å². The molecule has 10 heteroatoms. The fourth-order valence-electron chi connectivity index (χ4n) is 4.58. The first-order chi connectivity index (χ1) is 18.9. The van der Waals surface area contributed by atoms with Gasteiger partial charge in [-0.2, -0.15) is 0 Å². The standard InChI is InChI=1S/C29H26F2N6OS/c1-3-18-10-11-37(15-17-4-7-22(30)23(31)12-17)29(38)26(18)28(33-2)34-14-20-6-9-25(39-20)19-5-8-24-21(13-19)27(32)36-16-35-24/h3-9,12-13,16,34H,2,10-11,14-15H2,1H3,(H2,32,35,36)/b18-3-,28-26-. The number of piperidine rings is 1. The number of nitrogen functional groups attached to an aromatic ring is 1. The molecule has 0 bridgehead atoms. The molecular weight excluding hydrogens is 518 g/mol. The molecule has 0 atom stereocenters. The number of nitrogens with two attached hydrogens (primary N) is 1. The average molecular weight is 545 g/mol. The molecule has 198 valence electrons. The zero-order valence-corrected chi connectivity index (χ0v) is 22.1. The van der Waals surface area contributed by atoms with Gasteiger partial charge in [0.2, 0.25) is 0 Å². The summed E-state index contributed by atoms with van der Waals surface area (Å²) in [6, 6.07) is 13.6. The number of thiophene rings is 1. The normalized spacial score (nSPS) is 16.1. The highest BCUT2D eigenvalue weighted by molar-refractivity contribution is 7.15. The Kier molecular flexibility index (Phi) is 7.47. The van der Waals surface area contributed by atoms with Gasteiger partial charge in [-0.25, -0.2) is 23.7 Å². The summed E-state index contributed by atoms with van der Waals surface area (Å²) in [5.41, 5.74) is 9.63. The molecule has 39 heavy (non-hydrogen) atoms. The number of aliphatic imine (C=N–C) groups is 1. The Labute approximate surface area is 228 Å². The number of nitrogens with zero attached hydrogens (tertiary/aromatic N) is 4. The van der Waals surface area contributed by atoms with Crippen molar-refractivity contribution in [3.63, 3.8) is 0 Å². The molecule has 0 radical (unpaired) electrons. The number of likely N-dealkylation sites (tertiary alicyclic amines) is 1. The Balaban J connectivity index is 1.35. The van der Waals surface area contributed by atoms with Crippen LogP contribution in [-0.2, 0) is 17.9 Å². The van der Waals surface area contributed by atoms with Gasteiger partial charge in [-0.05, 0) is 73.2 Å². The van der Waals surface area contributed by atoms with E-state index in [1.54, 1.807) is 16.2 Å². The number of rotatable bonds is 7. The lowest BCUT2D eigenvalue weighted by atomic mass is 9.96. The Bertz CT molecular complexity index is 1640. The fourth-order valence-corrected chi connectivity index (χ4v) is 5.52. The molecule has 1 saturated heterocycles. The maximum absolute atomic E-state index is 13.7. The lowest BCUT2D eigenvalue weighted by Crippen LogP contribution is -2.39. The van der Waals surface area contributed by atoms with Gasteiger partial charge >= 0.3 is 0 Å². The summed E-state index contributed by atoms with van der Waals surface area (Å²) in [5, 5.41) is 4.08. The van der Waals surface area contributed by atoms with Gasteiger partial charge in [-0.1, -0.05) is 18.2 Å². The number of carbonyl (C=O) groups is 1. The van der Waals surface area contributed by atoms with Gasteiger partial charge in [0.25, 0.3) is 5.91 Å². The number of benzene rings is 2. The van der Waals surface area contributed by atoms with Gasteiger partial charge in [0.05, 0.1) is 17.6 Å². The molecule has 3 heterocycles. The van der Waals surface area contributed by atoms with Crippen LogP contribution in [-0.4, -0.2) is 34.0 Å². The van der Waals surface area contributed by atoms with Crippen LogP contribution in [0.3, 0.4) is 0 Å². The van der Waals surface area contributed by atoms with E-state index in [-0.39, 0.29) is 12.5 Å². The highest BCUT2D eigenvalue weighted by atomic mass is 32.1. The molecule has 0 unspecified atom stereocenters.